The maximum Gasteiger partial charge on any atom is 0.225 e. The smallest absolute Gasteiger partial charge is 0.225 e. The van der Waals surface area contributed by atoms with Crippen LogP contribution in [0.4, 0.5) is 0 Å². The number of hydrogen-bond acceptors (Lipinski definition) is 4. The van der Waals surface area contributed by atoms with Crippen LogP contribution in [0.15, 0.2) is 35.3 Å². The van der Waals surface area contributed by atoms with Gasteiger partial charge in [-0.25, -0.2) is 4.99 Å². The highest BCUT2D eigenvalue weighted by Gasteiger charge is 2.27. The molecular weight excluding hydrogens is 402 g/mol. The molecule has 2 aromatic rings. The second kappa shape index (κ2) is 11.6. The normalized spacial score (nSPS) is 15.3. The molecule has 32 heavy (non-hydrogen) atoms. The van der Waals surface area contributed by atoms with Crippen molar-refractivity contribution in [2.75, 3.05) is 13.1 Å². The molecule has 2 N–H and O–H groups in total. The zero-order valence-electron chi connectivity index (χ0n) is 19.8. The van der Waals surface area contributed by atoms with Crippen LogP contribution in [0.25, 0.3) is 0 Å². The van der Waals surface area contributed by atoms with Crippen LogP contribution in [-0.4, -0.2) is 50.7 Å². The molecule has 0 atom stereocenters. The number of aryl methyl sites for hydroxylation is 1. The van der Waals surface area contributed by atoms with Crippen molar-refractivity contribution in [1.29, 1.82) is 0 Å². The fourth-order valence-electron chi connectivity index (χ4n) is 4.01. The summed E-state index contributed by atoms with van der Waals surface area (Å²) in [6.07, 6.45) is 3.66. The first-order valence-corrected chi connectivity index (χ1v) is 11.7. The van der Waals surface area contributed by atoms with Crippen molar-refractivity contribution in [3.63, 3.8) is 0 Å². The highest BCUT2D eigenvalue weighted by molar-refractivity contribution is 5.80. The van der Waals surface area contributed by atoms with E-state index in [0.717, 1.165) is 61.9 Å². The van der Waals surface area contributed by atoms with E-state index in [0.29, 0.717) is 19.0 Å². The minimum absolute atomic E-state index is 0.152. The van der Waals surface area contributed by atoms with E-state index < -0.39 is 0 Å². The largest absolute Gasteiger partial charge is 0.354 e. The van der Waals surface area contributed by atoms with E-state index in [9.17, 15) is 4.79 Å². The average Bonchev–Trinajstić information content (AvgIpc) is 3.15. The number of benzene rings is 1. The van der Waals surface area contributed by atoms with E-state index in [1.807, 2.05) is 41.6 Å². The molecule has 0 spiro atoms. The Bertz CT molecular complexity index is 881. The monoisotopic (exact) mass is 439 g/mol. The van der Waals surface area contributed by atoms with Gasteiger partial charge in [0, 0.05) is 32.1 Å². The van der Waals surface area contributed by atoms with Gasteiger partial charge in [0.15, 0.2) is 11.8 Å². The highest BCUT2D eigenvalue weighted by Crippen LogP contribution is 2.17. The van der Waals surface area contributed by atoms with Crippen molar-refractivity contribution < 1.29 is 4.79 Å². The lowest BCUT2D eigenvalue weighted by molar-refractivity contribution is -0.136. The van der Waals surface area contributed by atoms with Gasteiger partial charge >= 0.3 is 0 Å². The lowest BCUT2D eigenvalue weighted by Gasteiger charge is -2.35. The molecule has 1 aromatic carbocycles. The Kier molecular flexibility index (Phi) is 8.64. The van der Waals surface area contributed by atoms with Crippen LogP contribution in [0.3, 0.4) is 0 Å². The predicted octanol–water partition coefficient (Wildman–Crippen LogP) is 2.79. The number of amides is 1. The van der Waals surface area contributed by atoms with Crippen LogP contribution in [0.5, 0.6) is 0 Å². The van der Waals surface area contributed by atoms with Gasteiger partial charge in [-0.15, -0.1) is 10.2 Å². The molecule has 1 aliphatic heterocycles. The van der Waals surface area contributed by atoms with Crippen LogP contribution in [0.1, 0.15) is 56.7 Å². The van der Waals surface area contributed by atoms with Crippen LogP contribution >= 0.6 is 0 Å². The van der Waals surface area contributed by atoms with E-state index in [4.69, 9.17) is 4.99 Å². The summed E-state index contributed by atoms with van der Waals surface area (Å²) >= 11 is 0. The summed E-state index contributed by atoms with van der Waals surface area (Å²) in [6.45, 7) is 8.86. The fourth-order valence-corrected chi connectivity index (χ4v) is 4.01. The number of carbonyl (C=O) groups is 1. The lowest BCUT2D eigenvalue weighted by Crippen LogP contribution is -2.50. The first kappa shape index (κ1) is 23.8. The van der Waals surface area contributed by atoms with Crippen molar-refractivity contribution in [2.24, 2.45) is 18.0 Å². The SMILES string of the molecule is CCC(CC)C(=O)N1CCC(NC(=NCc2ccccc2)NCc2nnc(C)n2C)CC1. The summed E-state index contributed by atoms with van der Waals surface area (Å²) in [5.74, 6) is 2.97. The molecule has 1 aliphatic rings. The summed E-state index contributed by atoms with van der Waals surface area (Å²) < 4.78 is 1.98. The average molecular weight is 440 g/mol. The zero-order chi connectivity index (χ0) is 22.9. The molecule has 3 rings (SSSR count). The number of hydrogen-bond donors (Lipinski definition) is 2. The standard InChI is InChI=1S/C24H37N7O/c1-5-20(6-2)23(32)31-14-12-21(13-15-31)27-24(25-16-19-10-8-7-9-11-19)26-17-22-29-28-18(3)30(22)4/h7-11,20-21H,5-6,12-17H2,1-4H3,(H2,25,26,27). The topological polar surface area (TPSA) is 87.4 Å². The van der Waals surface area contributed by atoms with Crippen LogP contribution in [0.2, 0.25) is 0 Å². The van der Waals surface area contributed by atoms with Gasteiger partial charge in [-0.3, -0.25) is 4.79 Å². The molecule has 2 heterocycles. The van der Waals surface area contributed by atoms with E-state index in [1.54, 1.807) is 0 Å². The first-order chi connectivity index (χ1) is 15.5. The number of nitrogens with zero attached hydrogens (tertiary/aromatic N) is 5. The number of aliphatic imine (C=N–C) groups is 1. The molecule has 174 valence electrons. The molecule has 1 fully saturated rings. The molecule has 1 amide bonds. The van der Waals surface area contributed by atoms with Gasteiger partial charge in [0.25, 0.3) is 0 Å². The Morgan fingerprint density at radius 2 is 1.84 bits per heavy atom. The third kappa shape index (κ3) is 6.31. The van der Waals surface area contributed by atoms with E-state index >= 15 is 0 Å². The number of guanidine groups is 1. The van der Waals surface area contributed by atoms with Gasteiger partial charge in [-0.1, -0.05) is 44.2 Å². The maximum atomic E-state index is 12.7. The van der Waals surface area contributed by atoms with Crippen LogP contribution in [0, 0.1) is 12.8 Å². The number of rotatable bonds is 8. The number of nitrogens with one attached hydrogen (secondary N) is 2. The van der Waals surface area contributed by atoms with E-state index in [-0.39, 0.29) is 12.0 Å². The minimum Gasteiger partial charge on any atom is -0.354 e. The quantitative estimate of drug-likeness (QED) is 0.488. The maximum absolute atomic E-state index is 12.7. The second-order valence-electron chi connectivity index (χ2n) is 8.48. The second-order valence-corrected chi connectivity index (χ2v) is 8.48. The number of carbonyl (C=O) groups excluding carboxylic acids is 1. The van der Waals surface area contributed by atoms with E-state index in [1.165, 1.54) is 0 Å². The fraction of sp³-hybridized carbons (Fsp3) is 0.583. The van der Waals surface area contributed by atoms with Crippen LogP contribution < -0.4 is 10.6 Å². The number of likely N-dealkylation sites (tertiary alicyclic amines) is 1. The summed E-state index contributed by atoms with van der Waals surface area (Å²) in [5, 5.41) is 15.4. The van der Waals surface area contributed by atoms with Crippen molar-refractivity contribution in [1.82, 2.24) is 30.3 Å². The third-order valence-corrected chi connectivity index (χ3v) is 6.34. The molecule has 8 heteroatoms. The molecular formula is C24H37N7O. The molecule has 8 nitrogen and oxygen atoms in total. The van der Waals surface area contributed by atoms with Gasteiger partial charge < -0.3 is 20.1 Å². The Labute approximate surface area is 191 Å². The molecule has 0 bridgehead atoms. The van der Waals surface area contributed by atoms with Gasteiger partial charge in [-0.2, -0.15) is 0 Å². The van der Waals surface area contributed by atoms with Crippen molar-refractivity contribution in [3.05, 3.63) is 47.5 Å². The summed E-state index contributed by atoms with van der Waals surface area (Å²) in [4.78, 5) is 19.5. The molecule has 0 unspecified atom stereocenters. The summed E-state index contributed by atoms with van der Waals surface area (Å²) in [7, 11) is 1.97. The van der Waals surface area contributed by atoms with Crippen LogP contribution in [-0.2, 0) is 24.9 Å². The number of piperidine rings is 1. The summed E-state index contributed by atoms with van der Waals surface area (Å²) in [5.41, 5.74) is 1.16. The number of aromatic nitrogens is 3. The van der Waals surface area contributed by atoms with Gasteiger partial charge in [0.1, 0.15) is 5.82 Å². The van der Waals surface area contributed by atoms with Gasteiger partial charge in [0.05, 0.1) is 13.1 Å². The van der Waals surface area contributed by atoms with Gasteiger partial charge in [-0.05, 0) is 38.2 Å². The predicted molar refractivity (Wildman–Crippen MR) is 127 cm³/mol. The lowest BCUT2D eigenvalue weighted by atomic mass is 9.98. The molecule has 0 saturated carbocycles. The Morgan fingerprint density at radius 3 is 2.44 bits per heavy atom. The third-order valence-electron chi connectivity index (χ3n) is 6.34. The molecule has 0 aliphatic carbocycles. The van der Waals surface area contributed by atoms with Crippen molar-refractivity contribution in [2.45, 2.75) is 65.6 Å². The van der Waals surface area contributed by atoms with Crippen molar-refractivity contribution >= 4 is 11.9 Å². The van der Waals surface area contributed by atoms with E-state index in [2.05, 4.69) is 46.8 Å². The minimum atomic E-state index is 0.152. The highest BCUT2D eigenvalue weighted by atomic mass is 16.2. The summed E-state index contributed by atoms with van der Waals surface area (Å²) in [6, 6.07) is 10.5. The zero-order valence-corrected chi connectivity index (χ0v) is 19.8. The molecule has 1 saturated heterocycles. The Morgan fingerprint density at radius 1 is 1.16 bits per heavy atom. The first-order valence-electron chi connectivity index (χ1n) is 11.7. The molecule has 1 aromatic heterocycles. The Hall–Kier alpha value is -2.90. The molecule has 0 radical (unpaired) electrons. The van der Waals surface area contributed by atoms with Gasteiger partial charge in [0.2, 0.25) is 5.91 Å². The Balaban J connectivity index is 1.61. The van der Waals surface area contributed by atoms with Crippen molar-refractivity contribution in [3.8, 4) is 0 Å².